The maximum Gasteiger partial charge on any atom is 0.251 e. The summed E-state index contributed by atoms with van der Waals surface area (Å²) in [5.74, 6) is 0.811. The first-order valence-electron chi connectivity index (χ1n) is 7.65. The van der Waals surface area contributed by atoms with Gasteiger partial charge in [-0.1, -0.05) is 0 Å². The van der Waals surface area contributed by atoms with E-state index in [-0.39, 0.29) is 18.6 Å². The largest absolute Gasteiger partial charge is 0.480 e. The molecule has 118 valence electrons. The number of hydrogen-bond acceptors (Lipinski definition) is 4. The highest BCUT2D eigenvalue weighted by molar-refractivity contribution is 5.99. The molecule has 1 aromatic heterocycles. The summed E-state index contributed by atoms with van der Waals surface area (Å²) < 4.78 is 5.18. The number of H-pyrrole nitrogens is 1. The lowest BCUT2D eigenvalue weighted by molar-refractivity contribution is 0.0914. The fourth-order valence-corrected chi connectivity index (χ4v) is 3.04. The van der Waals surface area contributed by atoms with Gasteiger partial charge in [-0.05, 0) is 49.8 Å². The van der Waals surface area contributed by atoms with Crippen LogP contribution in [0, 0.1) is 5.92 Å². The van der Waals surface area contributed by atoms with Gasteiger partial charge < -0.3 is 15.2 Å². The van der Waals surface area contributed by atoms with Crippen LogP contribution in [0.4, 0.5) is 0 Å². The SMILES string of the molecule is COc1n[nH]c2ccc(C(=O)NC3CCC(CO)CC3)cc12. The average Bonchev–Trinajstić information content (AvgIpc) is 2.97. The summed E-state index contributed by atoms with van der Waals surface area (Å²) in [6.07, 6.45) is 3.79. The van der Waals surface area contributed by atoms with E-state index in [1.165, 1.54) is 0 Å². The molecule has 1 aromatic carbocycles. The van der Waals surface area contributed by atoms with Crippen molar-refractivity contribution in [1.29, 1.82) is 0 Å². The molecular weight excluding hydrogens is 282 g/mol. The number of rotatable bonds is 4. The van der Waals surface area contributed by atoms with Gasteiger partial charge in [0.25, 0.3) is 5.91 Å². The molecule has 1 aliphatic rings. The van der Waals surface area contributed by atoms with Crippen LogP contribution in [0.25, 0.3) is 10.9 Å². The second-order valence-corrected chi connectivity index (χ2v) is 5.87. The van der Waals surface area contributed by atoms with Gasteiger partial charge in [0, 0.05) is 18.2 Å². The molecule has 6 nitrogen and oxygen atoms in total. The Labute approximate surface area is 128 Å². The lowest BCUT2D eigenvalue weighted by atomic mass is 9.86. The van der Waals surface area contributed by atoms with E-state index in [4.69, 9.17) is 9.84 Å². The fraction of sp³-hybridized carbons (Fsp3) is 0.500. The van der Waals surface area contributed by atoms with Crippen molar-refractivity contribution < 1.29 is 14.6 Å². The molecule has 1 saturated carbocycles. The number of carbonyl (C=O) groups excluding carboxylic acids is 1. The molecule has 0 bridgehead atoms. The maximum absolute atomic E-state index is 12.4. The molecule has 0 unspecified atom stereocenters. The zero-order valence-corrected chi connectivity index (χ0v) is 12.6. The van der Waals surface area contributed by atoms with E-state index in [2.05, 4.69) is 15.5 Å². The topological polar surface area (TPSA) is 87.2 Å². The molecule has 22 heavy (non-hydrogen) atoms. The van der Waals surface area contributed by atoms with E-state index >= 15 is 0 Å². The molecule has 3 N–H and O–H groups in total. The molecule has 2 aromatic rings. The molecule has 1 aliphatic carbocycles. The molecule has 0 aliphatic heterocycles. The molecule has 1 fully saturated rings. The number of aliphatic hydroxyl groups is 1. The van der Waals surface area contributed by atoms with Crippen LogP contribution in [-0.2, 0) is 0 Å². The third-order valence-corrected chi connectivity index (χ3v) is 4.42. The molecule has 6 heteroatoms. The molecule has 1 amide bonds. The van der Waals surface area contributed by atoms with E-state index in [1.54, 1.807) is 19.2 Å². The Bertz CT molecular complexity index is 660. The smallest absolute Gasteiger partial charge is 0.251 e. The molecule has 0 saturated heterocycles. The third kappa shape index (κ3) is 2.92. The maximum atomic E-state index is 12.4. The van der Waals surface area contributed by atoms with Gasteiger partial charge in [0.15, 0.2) is 0 Å². The molecule has 1 heterocycles. The van der Waals surface area contributed by atoms with Crippen LogP contribution >= 0.6 is 0 Å². The van der Waals surface area contributed by atoms with Gasteiger partial charge in [0.1, 0.15) is 0 Å². The minimum absolute atomic E-state index is 0.0717. The van der Waals surface area contributed by atoms with E-state index in [9.17, 15) is 4.79 Å². The van der Waals surface area contributed by atoms with Gasteiger partial charge in [-0.3, -0.25) is 9.89 Å². The Morgan fingerprint density at radius 1 is 1.41 bits per heavy atom. The first-order chi connectivity index (χ1) is 10.7. The summed E-state index contributed by atoms with van der Waals surface area (Å²) in [5, 5.41) is 20.0. The van der Waals surface area contributed by atoms with Crippen LogP contribution in [-0.4, -0.2) is 41.0 Å². The monoisotopic (exact) mass is 303 g/mol. The highest BCUT2D eigenvalue weighted by atomic mass is 16.5. The van der Waals surface area contributed by atoms with E-state index in [0.29, 0.717) is 17.4 Å². The summed E-state index contributed by atoms with van der Waals surface area (Å²) >= 11 is 0. The minimum atomic E-state index is -0.0717. The lowest BCUT2D eigenvalue weighted by Gasteiger charge is -2.27. The van der Waals surface area contributed by atoms with Crippen LogP contribution < -0.4 is 10.1 Å². The Hall–Kier alpha value is -2.08. The van der Waals surface area contributed by atoms with Crippen LogP contribution in [0.1, 0.15) is 36.0 Å². The Morgan fingerprint density at radius 2 is 2.18 bits per heavy atom. The number of aliphatic hydroxyl groups excluding tert-OH is 1. The van der Waals surface area contributed by atoms with E-state index in [0.717, 1.165) is 36.6 Å². The van der Waals surface area contributed by atoms with Gasteiger partial charge in [-0.15, -0.1) is 5.10 Å². The summed E-state index contributed by atoms with van der Waals surface area (Å²) in [6, 6.07) is 5.61. The minimum Gasteiger partial charge on any atom is -0.480 e. The third-order valence-electron chi connectivity index (χ3n) is 4.42. The molecule has 0 atom stereocenters. The lowest BCUT2D eigenvalue weighted by Crippen LogP contribution is -2.38. The van der Waals surface area contributed by atoms with Crippen molar-refractivity contribution in [2.75, 3.05) is 13.7 Å². The summed E-state index contributed by atoms with van der Waals surface area (Å²) in [7, 11) is 1.56. The van der Waals surface area contributed by atoms with Crippen molar-refractivity contribution >= 4 is 16.8 Å². The predicted octanol–water partition coefficient (Wildman–Crippen LogP) is 1.85. The van der Waals surface area contributed by atoms with E-state index < -0.39 is 0 Å². The van der Waals surface area contributed by atoms with Crippen molar-refractivity contribution in [3.05, 3.63) is 23.8 Å². The fourth-order valence-electron chi connectivity index (χ4n) is 3.04. The van der Waals surface area contributed by atoms with Crippen LogP contribution in [0.15, 0.2) is 18.2 Å². The number of hydrogen-bond donors (Lipinski definition) is 3. The van der Waals surface area contributed by atoms with E-state index in [1.807, 2.05) is 6.07 Å². The van der Waals surface area contributed by atoms with Gasteiger partial charge in [0.05, 0.1) is 18.0 Å². The summed E-state index contributed by atoms with van der Waals surface area (Å²) in [4.78, 5) is 12.4. The van der Waals surface area contributed by atoms with Gasteiger partial charge >= 0.3 is 0 Å². The number of fused-ring (bicyclic) bond motifs is 1. The number of nitrogens with one attached hydrogen (secondary N) is 2. The van der Waals surface area contributed by atoms with Gasteiger partial charge in [-0.25, -0.2) is 0 Å². The van der Waals surface area contributed by atoms with Gasteiger partial charge in [0.2, 0.25) is 5.88 Å². The number of carbonyl (C=O) groups is 1. The number of methoxy groups -OCH3 is 1. The first-order valence-corrected chi connectivity index (χ1v) is 7.65. The summed E-state index contributed by atoms with van der Waals surface area (Å²) in [5.41, 5.74) is 1.45. The number of ether oxygens (including phenoxy) is 1. The number of amides is 1. The second-order valence-electron chi connectivity index (χ2n) is 5.87. The standard InChI is InChI=1S/C16H21N3O3/c1-22-16-13-8-11(4-7-14(13)18-19-16)15(21)17-12-5-2-10(9-20)3-6-12/h4,7-8,10,12,20H,2-3,5-6,9H2,1H3,(H,17,21)(H,18,19). The van der Waals surface area contributed by atoms with Crippen molar-refractivity contribution in [3.8, 4) is 5.88 Å². The Morgan fingerprint density at radius 3 is 2.86 bits per heavy atom. The van der Waals surface area contributed by atoms with Crippen molar-refractivity contribution in [1.82, 2.24) is 15.5 Å². The summed E-state index contributed by atoms with van der Waals surface area (Å²) in [6.45, 7) is 0.248. The second kappa shape index (κ2) is 6.36. The number of benzene rings is 1. The zero-order chi connectivity index (χ0) is 15.5. The number of nitrogens with zero attached hydrogens (tertiary/aromatic N) is 1. The first kappa shape index (κ1) is 14.8. The van der Waals surface area contributed by atoms with Crippen molar-refractivity contribution in [2.24, 2.45) is 5.92 Å². The Kier molecular flexibility index (Phi) is 4.29. The Balaban J connectivity index is 1.69. The molecule has 3 rings (SSSR count). The zero-order valence-electron chi connectivity index (χ0n) is 12.6. The molecule has 0 spiro atoms. The van der Waals surface area contributed by atoms with Crippen LogP contribution in [0.5, 0.6) is 5.88 Å². The van der Waals surface area contributed by atoms with Crippen molar-refractivity contribution in [2.45, 2.75) is 31.7 Å². The van der Waals surface area contributed by atoms with Crippen LogP contribution in [0.3, 0.4) is 0 Å². The molecule has 0 radical (unpaired) electrons. The average molecular weight is 303 g/mol. The highest BCUT2D eigenvalue weighted by Crippen LogP contribution is 2.25. The number of aromatic amines is 1. The quantitative estimate of drug-likeness (QED) is 0.804. The van der Waals surface area contributed by atoms with Crippen molar-refractivity contribution in [3.63, 3.8) is 0 Å². The predicted molar refractivity (Wildman–Crippen MR) is 82.9 cm³/mol. The molecular formula is C16H21N3O3. The normalized spacial score (nSPS) is 21.7. The van der Waals surface area contributed by atoms with Gasteiger partial charge in [-0.2, -0.15) is 0 Å². The number of aromatic nitrogens is 2. The highest BCUT2D eigenvalue weighted by Gasteiger charge is 2.22. The van der Waals surface area contributed by atoms with Crippen LogP contribution in [0.2, 0.25) is 0 Å².